The monoisotopic (exact) mass is 251 g/mol. The van der Waals surface area contributed by atoms with Crippen LogP contribution in [0.5, 0.6) is 5.75 Å². The van der Waals surface area contributed by atoms with E-state index in [1.54, 1.807) is 7.11 Å². The summed E-state index contributed by atoms with van der Waals surface area (Å²) in [6.07, 6.45) is 0. The van der Waals surface area contributed by atoms with Crippen molar-refractivity contribution >= 4 is 5.69 Å². The molecule has 19 heavy (non-hydrogen) atoms. The Bertz CT molecular complexity index is 603. The quantitative estimate of drug-likeness (QED) is 0.760. The standard InChI is InChI=1S/C17H17NO/c1-18(2)16-11-9-14(10-12-16)7-8-15-5-4-6-17(13-15)19-3/h4-6,9-13H,1-3H3. The minimum absolute atomic E-state index is 0.828. The zero-order valence-corrected chi connectivity index (χ0v) is 11.5. The molecule has 0 saturated carbocycles. The molecule has 0 atom stereocenters. The summed E-state index contributed by atoms with van der Waals surface area (Å²) in [5, 5.41) is 0. The SMILES string of the molecule is COc1cccc(C#Cc2ccc(N(C)C)cc2)c1. The summed E-state index contributed by atoms with van der Waals surface area (Å²) in [6, 6.07) is 16.0. The van der Waals surface area contributed by atoms with Crippen LogP contribution in [0, 0.1) is 11.8 Å². The maximum atomic E-state index is 5.18. The highest BCUT2D eigenvalue weighted by atomic mass is 16.5. The molecule has 0 bridgehead atoms. The maximum absolute atomic E-state index is 5.18. The summed E-state index contributed by atoms with van der Waals surface area (Å²) in [5.41, 5.74) is 3.14. The van der Waals surface area contributed by atoms with Crippen LogP contribution in [0.15, 0.2) is 48.5 Å². The van der Waals surface area contributed by atoms with Crippen LogP contribution in [-0.2, 0) is 0 Å². The topological polar surface area (TPSA) is 12.5 Å². The van der Waals surface area contributed by atoms with Gasteiger partial charge in [-0.1, -0.05) is 17.9 Å². The van der Waals surface area contributed by atoms with Crippen LogP contribution in [0.2, 0.25) is 0 Å². The molecule has 0 radical (unpaired) electrons. The molecule has 0 heterocycles. The Morgan fingerprint density at radius 1 is 0.895 bits per heavy atom. The van der Waals surface area contributed by atoms with Crippen molar-refractivity contribution in [3.8, 4) is 17.6 Å². The molecule has 0 spiro atoms. The van der Waals surface area contributed by atoms with E-state index in [9.17, 15) is 0 Å². The van der Waals surface area contributed by atoms with Gasteiger partial charge < -0.3 is 9.64 Å². The molecule has 96 valence electrons. The van der Waals surface area contributed by atoms with Crippen molar-refractivity contribution in [1.82, 2.24) is 0 Å². The highest BCUT2D eigenvalue weighted by Crippen LogP contribution is 2.13. The zero-order chi connectivity index (χ0) is 13.7. The lowest BCUT2D eigenvalue weighted by Gasteiger charge is -2.11. The van der Waals surface area contributed by atoms with Crippen molar-refractivity contribution < 1.29 is 4.74 Å². The van der Waals surface area contributed by atoms with E-state index >= 15 is 0 Å². The van der Waals surface area contributed by atoms with Gasteiger partial charge in [-0.2, -0.15) is 0 Å². The predicted octanol–water partition coefficient (Wildman–Crippen LogP) is 3.16. The molecule has 0 aromatic heterocycles. The van der Waals surface area contributed by atoms with Gasteiger partial charge in [0, 0.05) is 30.9 Å². The first-order chi connectivity index (χ1) is 9.19. The Kier molecular flexibility index (Phi) is 4.10. The third kappa shape index (κ3) is 3.53. The summed E-state index contributed by atoms with van der Waals surface area (Å²) in [5.74, 6) is 7.12. The van der Waals surface area contributed by atoms with Gasteiger partial charge in [-0.3, -0.25) is 0 Å². The van der Waals surface area contributed by atoms with Crippen LogP contribution < -0.4 is 9.64 Å². The van der Waals surface area contributed by atoms with Crippen molar-refractivity contribution in [2.75, 3.05) is 26.1 Å². The van der Waals surface area contributed by atoms with Crippen LogP contribution >= 0.6 is 0 Å². The van der Waals surface area contributed by atoms with Gasteiger partial charge in [0.05, 0.1) is 7.11 Å². The molecule has 2 rings (SSSR count). The largest absolute Gasteiger partial charge is 0.497 e. The number of hydrogen-bond acceptors (Lipinski definition) is 2. The molecular weight excluding hydrogens is 234 g/mol. The first-order valence-corrected chi connectivity index (χ1v) is 6.12. The fourth-order valence-corrected chi connectivity index (χ4v) is 1.69. The zero-order valence-electron chi connectivity index (χ0n) is 11.5. The number of rotatable bonds is 2. The van der Waals surface area contributed by atoms with E-state index in [1.807, 2.05) is 50.5 Å². The van der Waals surface area contributed by atoms with Crippen LogP contribution in [0.4, 0.5) is 5.69 Å². The fourth-order valence-electron chi connectivity index (χ4n) is 1.69. The molecule has 2 heteroatoms. The van der Waals surface area contributed by atoms with Gasteiger partial charge in [0.25, 0.3) is 0 Å². The number of methoxy groups -OCH3 is 1. The smallest absolute Gasteiger partial charge is 0.120 e. The molecule has 0 saturated heterocycles. The number of anilines is 1. The van der Waals surface area contributed by atoms with Crippen molar-refractivity contribution in [3.63, 3.8) is 0 Å². The van der Waals surface area contributed by atoms with Crippen LogP contribution in [0.3, 0.4) is 0 Å². The predicted molar refractivity (Wildman–Crippen MR) is 79.7 cm³/mol. The molecule has 0 unspecified atom stereocenters. The minimum atomic E-state index is 0.828. The molecule has 2 aromatic rings. The average molecular weight is 251 g/mol. The average Bonchev–Trinajstić information content (AvgIpc) is 2.46. The first-order valence-electron chi connectivity index (χ1n) is 6.12. The van der Waals surface area contributed by atoms with Gasteiger partial charge in [-0.15, -0.1) is 0 Å². The molecule has 0 N–H and O–H groups in total. The van der Waals surface area contributed by atoms with E-state index in [2.05, 4.69) is 28.9 Å². The van der Waals surface area contributed by atoms with E-state index in [1.165, 1.54) is 5.69 Å². The summed E-state index contributed by atoms with van der Waals surface area (Å²) in [7, 11) is 5.71. The lowest BCUT2D eigenvalue weighted by atomic mass is 10.1. The second kappa shape index (κ2) is 5.97. The molecule has 0 aliphatic rings. The van der Waals surface area contributed by atoms with Crippen molar-refractivity contribution in [1.29, 1.82) is 0 Å². The molecule has 2 aromatic carbocycles. The molecule has 0 amide bonds. The Hall–Kier alpha value is -2.40. The third-order valence-corrected chi connectivity index (χ3v) is 2.80. The van der Waals surface area contributed by atoms with E-state index in [4.69, 9.17) is 4.74 Å². The van der Waals surface area contributed by atoms with Crippen LogP contribution in [-0.4, -0.2) is 21.2 Å². The van der Waals surface area contributed by atoms with Crippen LogP contribution in [0.25, 0.3) is 0 Å². The lowest BCUT2D eigenvalue weighted by Crippen LogP contribution is -2.07. The van der Waals surface area contributed by atoms with Crippen molar-refractivity contribution in [2.45, 2.75) is 0 Å². The van der Waals surface area contributed by atoms with E-state index in [-0.39, 0.29) is 0 Å². The Morgan fingerprint density at radius 2 is 1.58 bits per heavy atom. The molecular formula is C17H17NO. The number of ether oxygens (including phenoxy) is 1. The Labute approximate surface area is 114 Å². The van der Waals surface area contributed by atoms with Crippen molar-refractivity contribution in [2.24, 2.45) is 0 Å². The van der Waals surface area contributed by atoms with Crippen LogP contribution in [0.1, 0.15) is 11.1 Å². The number of benzene rings is 2. The summed E-state index contributed by atoms with van der Waals surface area (Å²) >= 11 is 0. The second-order valence-electron chi connectivity index (χ2n) is 4.42. The molecule has 0 aliphatic heterocycles. The van der Waals surface area contributed by atoms with Gasteiger partial charge in [0.1, 0.15) is 5.75 Å². The fraction of sp³-hybridized carbons (Fsp3) is 0.176. The lowest BCUT2D eigenvalue weighted by molar-refractivity contribution is 0.414. The van der Waals surface area contributed by atoms with Gasteiger partial charge >= 0.3 is 0 Å². The van der Waals surface area contributed by atoms with Gasteiger partial charge in [0.2, 0.25) is 0 Å². The molecule has 0 aliphatic carbocycles. The van der Waals surface area contributed by atoms with E-state index < -0.39 is 0 Å². The summed E-state index contributed by atoms with van der Waals surface area (Å²) in [6.45, 7) is 0. The minimum Gasteiger partial charge on any atom is -0.497 e. The highest BCUT2D eigenvalue weighted by molar-refractivity contribution is 5.51. The van der Waals surface area contributed by atoms with E-state index in [0.717, 1.165) is 16.9 Å². The molecule has 0 fully saturated rings. The van der Waals surface area contributed by atoms with E-state index in [0.29, 0.717) is 0 Å². The number of nitrogens with zero attached hydrogens (tertiary/aromatic N) is 1. The normalized spacial score (nSPS) is 9.42. The second-order valence-corrected chi connectivity index (χ2v) is 4.42. The maximum Gasteiger partial charge on any atom is 0.120 e. The summed E-state index contributed by atoms with van der Waals surface area (Å²) in [4.78, 5) is 2.07. The Balaban J connectivity index is 2.18. The molecule has 2 nitrogen and oxygen atoms in total. The van der Waals surface area contributed by atoms with Gasteiger partial charge in [0.15, 0.2) is 0 Å². The van der Waals surface area contributed by atoms with Crippen molar-refractivity contribution in [3.05, 3.63) is 59.7 Å². The Morgan fingerprint density at radius 3 is 2.21 bits per heavy atom. The third-order valence-electron chi connectivity index (χ3n) is 2.80. The number of hydrogen-bond donors (Lipinski definition) is 0. The summed E-state index contributed by atoms with van der Waals surface area (Å²) < 4.78 is 5.18. The first kappa shape index (κ1) is 13.0. The highest BCUT2D eigenvalue weighted by Gasteiger charge is 1.94. The van der Waals surface area contributed by atoms with Gasteiger partial charge in [-0.05, 0) is 42.5 Å². The van der Waals surface area contributed by atoms with Gasteiger partial charge in [-0.25, -0.2) is 0 Å².